The van der Waals surface area contributed by atoms with Gasteiger partial charge >= 0.3 is 5.97 Å². The molecule has 2 amide bonds. The monoisotopic (exact) mass is 430 g/mol. The Labute approximate surface area is 179 Å². The molecule has 0 aliphatic carbocycles. The molecule has 160 valence electrons. The second-order valence-corrected chi connectivity index (χ2v) is 7.52. The van der Waals surface area contributed by atoms with E-state index in [0.29, 0.717) is 30.6 Å². The van der Waals surface area contributed by atoms with Gasteiger partial charge in [0.05, 0.1) is 0 Å². The Morgan fingerprint density at radius 2 is 1.67 bits per heavy atom. The summed E-state index contributed by atoms with van der Waals surface area (Å²) >= 11 is 1.44. The third-order valence-corrected chi connectivity index (χ3v) is 4.97. The molecular weight excluding hydrogens is 404 g/mol. The van der Waals surface area contributed by atoms with Crippen molar-refractivity contribution < 1.29 is 23.9 Å². The summed E-state index contributed by atoms with van der Waals surface area (Å²) in [6, 6.07) is 8.88. The first-order chi connectivity index (χ1) is 14.5. The predicted octanol–water partition coefficient (Wildman–Crippen LogP) is 2.75. The van der Waals surface area contributed by atoms with Crippen LogP contribution in [0.1, 0.15) is 52.5 Å². The van der Waals surface area contributed by atoms with Crippen molar-refractivity contribution in [2.24, 2.45) is 0 Å². The SMILES string of the molecule is CC(=O)NCCCc1ccc(C(=O)COC(=O)CCCNC(=O)c2ccsc2)cc1. The van der Waals surface area contributed by atoms with Crippen molar-refractivity contribution in [3.63, 3.8) is 0 Å². The predicted molar refractivity (Wildman–Crippen MR) is 115 cm³/mol. The van der Waals surface area contributed by atoms with Gasteiger partial charge in [-0.15, -0.1) is 0 Å². The zero-order valence-corrected chi connectivity index (χ0v) is 17.8. The van der Waals surface area contributed by atoms with Crippen molar-refractivity contribution in [3.05, 3.63) is 57.8 Å². The molecule has 0 bridgehead atoms. The van der Waals surface area contributed by atoms with Gasteiger partial charge in [-0.2, -0.15) is 11.3 Å². The van der Waals surface area contributed by atoms with Crippen molar-refractivity contribution >= 4 is 34.9 Å². The van der Waals surface area contributed by atoms with E-state index in [4.69, 9.17) is 4.74 Å². The van der Waals surface area contributed by atoms with Crippen LogP contribution in [0.25, 0.3) is 0 Å². The summed E-state index contributed by atoms with van der Waals surface area (Å²) in [5, 5.41) is 9.06. The first kappa shape index (κ1) is 23.3. The summed E-state index contributed by atoms with van der Waals surface area (Å²) in [6.45, 7) is 2.16. The molecule has 0 atom stereocenters. The van der Waals surface area contributed by atoms with Crippen LogP contribution in [0.5, 0.6) is 0 Å². The normalized spacial score (nSPS) is 10.3. The standard InChI is InChI=1S/C22H26N2O5S/c1-16(25)23-11-2-4-17-6-8-18(9-7-17)20(26)14-29-21(27)5-3-12-24-22(28)19-10-13-30-15-19/h6-10,13,15H,2-5,11-12,14H2,1H3,(H,23,25)(H,24,28). The van der Waals surface area contributed by atoms with Crippen LogP contribution in [0.2, 0.25) is 0 Å². The number of carbonyl (C=O) groups excluding carboxylic acids is 4. The number of esters is 1. The largest absolute Gasteiger partial charge is 0.457 e. The van der Waals surface area contributed by atoms with Crippen molar-refractivity contribution in [2.45, 2.75) is 32.6 Å². The molecule has 2 rings (SSSR count). The molecule has 8 heteroatoms. The minimum atomic E-state index is -0.470. The molecule has 1 aromatic heterocycles. The average Bonchev–Trinajstić information content (AvgIpc) is 3.28. The van der Waals surface area contributed by atoms with E-state index in [1.54, 1.807) is 23.6 Å². The number of ketones is 1. The van der Waals surface area contributed by atoms with Crippen LogP contribution < -0.4 is 10.6 Å². The number of Topliss-reactive ketones (excluding diaryl/α,β-unsaturated/α-hetero) is 1. The van der Waals surface area contributed by atoms with Gasteiger partial charge in [-0.25, -0.2) is 0 Å². The smallest absolute Gasteiger partial charge is 0.306 e. The van der Waals surface area contributed by atoms with E-state index in [9.17, 15) is 19.2 Å². The van der Waals surface area contributed by atoms with Gasteiger partial charge in [0.1, 0.15) is 0 Å². The fraction of sp³-hybridized carbons (Fsp3) is 0.364. The summed E-state index contributed by atoms with van der Waals surface area (Å²) in [6.07, 6.45) is 2.19. The maximum Gasteiger partial charge on any atom is 0.306 e. The Balaban J connectivity index is 1.61. The second kappa shape index (κ2) is 12.5. The Morgan fingerprint density at radius 1 is 0.933 bits per heavy atom. The third-order valence-electron chi connectivity index (χ3n) is 4.28. The van der Waals surface area contributed by atoms with Crippen molar-refractivity contribution in [1.29, 1.82) is 0 Å². The summed E-state index contributed by atoms with van der Waals surface area (Å²) < 4.78 is 5.03. The molecule has 2 N–H and O–H groups in total. The lowest BCUT2D eigenvalue weighted by Gasteiger charge is -2.07. The van der Waals surface area contributed by atoms with Crippen LogP contribution in [-0.2, 0) is 20.7 Å². The highest BCUT2D eigenvalue weighted by Crippen LogP contribution is 2.08. The molecule has 0 aliphatic rings. The summed E-state index contributed by atoms with van der Waals surface area (Å²) in [7, 11) is 0. The Hall–Kier alpha value is -3.00. The quantitative estimate of drug-likeness (QED) is 0.306. The minimum absolute atomic E-state index is 0.0476. The van der Waals surface area contributed by atoms with Gasteiger partial charge in [0.25, 0.3) is 5.91 Å². The van der Waals surface area contributed by atoms with Crippen LogP contribution in [0.15, 0.2) is 41.1 Å². The van der Waals surface area contributed by atoms with E-state index in [1.807, 2.05) is 17.5 Å². The van der Waals surface area contributed by atoms with E-state index in [0.717, 1.165) is 18.4 Å². The molecule has 2 aromatic rings. The molecule has 0 unspecified atom stereocenters. The lowest BCUT2D eigenvalue weighted by atomic mass is 10.1. The molecule has 0 saturated carbocycles. The fourth-order valence-electron chi connectivity index (χ4n) is 2.65. The van der Waals surface area contributed by atoms with Crippen LogP contribution in [-0.4, -0.2) is 43.3 Å². The van der Waals surface area contributed by atoms with Crippen molar-refractivity contribution in [2.75, 3.05) is 19.7 Å². The van der Waals surface area contributed by atoms with Crippen LogP contribution in [0, 0.1) is 0 Å². The lowest BCUT2D eigenvalue weighted by molar-refractivity contribution is -0.142. The molecule has 0 fully saturated rings. The number of amides is 2. The molecule has 1 aromatic carbocycles. The first-order valence-corrected chi connectivity index (χ1v) is 10.7. The number of aryl methyl sites for hydroxylation is 1. The highest BCUT2D eigenvalue weighted by Gasteiger charge is 2.11. The Bertz CT molecular complexity index is 847. The maximum absolute atomic E-state index is 12.2. The van der Waals surface area contributed by atoms with E-state index in [-0.39, 0.29) is 30.6 Å². The highest BCUT2D eigenvalue weighted by atomic mass is 32.1. The number of hydrogen-bond acceptors (Lipinski definition) is 6. The lowest BCUT2D eigenvalue weighted by Crippen LogP contribution is -2.24. The maximum atomic E-state index is 12.2. The Kier molecular flexibility index (Phi) is 9.73. The zero-order chi connectivity index (χ0) is 21.8. The van der Waals surface area contributed by atoms with Crippen LogP contribution >= 0.6 is 11.3 Å². The number of thiophene rings is 1. The average molecular weight is 431 g/mol. The van der Waals surface area contributed by atoms with Gasteiger partial charge in [-0.1, -0.05) is 24.3 Å². The molecule has 1 heterocycles. The fourth-order valence-corrected chi connectivity index (χ4v) is 3.28. The molecule has 0 aliphatic heterocycles. The molecular formula is C22H26N2O5S. The number of nitrogens with one attached hydrogen (secondary N) is 2. The third kappa shape index (κ3) is 8.57. The van der Waals surface area contributed by atoms with Gasteiger partial charge < -0.3 is 15.4 Å². The van der Waals surface area contributed by atoms with E-state index in [2.05, 4.69) is 10.6 Å². The van der Waals surface area contributed by atoms with Gasteiger partial charge in [-0.3, -0.25) is 19.2 Å². The van der Waals surface area contributed by atoms with E-state index >= 15 is 0 Å². The van der Waals surface area contributed by atoms with Crippen molar-refractivity contribution in [1.82, 2.24) is 10.6 Å². The van der Waals surface area contributed by atoms with Gasteiger partial charge in [-0.05, 0) is 36.3 Å². The number of rotatable bonds is 12. The first-order valence-electron chi connectivity index (χ1n) is 9.78. The van der Waals surface area contributed by atoms with Crippen LogP contribution in [0.4, 0.5) is 0 Å². The molecule has 0 spiro atoms. The summed E-state index contributed by atoms with van der Waals surface area (Å²) in [5.74, 6) is -0.950. The molecule has 0 saturated heterocycles. The highest BCUT2D eigenvalue weighted by molar-refractivity contribution is 7.08. The number of carbonyl (C=O) groups is 4. The van der Waals surface area contributed by atoms with E-state index < -0.39 is 5.97 Å². The number of benzene rings is 1. The minimum Gasteiger partial charge on any atom is -0.457 e. The van der Waals surface area contributed by atoms with Crippen LogP contribution in [0.3, 0.4) is 0 Å². The zero-order valence-electron chi connectivity index (χ0n) is 16.9. The van der Waals surface area contributed by atoms with Crippen molar-refractivity contribution in [3.8, 4) is 0 Å². The van der Waals surface area contributed by atoms with E-state index in [1.165, 1.54) is 18.3 Å². The molecule has 30 heavy (non-hydrogen) atoms. The Morgan fingerprint density at radius 3 is 2.33 bits per heavy atom. The molecule has 7 nitrogen and oxygen atoms in total. The number of ether oxygens (including phenoxy) is 1. The summed E-state index contributed by atoms with van der Waals surface area (Å²) in [4.78, 5) is 46.5. The van der Waals surface area contributed by atoms with Gasteiger partial charge in [0, 0.05) is 42.9 Å². The molecule has 0 radical (unpaired) electrons. The summed E-state index contributed by atoms with van der Waals surface area (Å²) in [5.41, 5.74) is 2.15. The topological polar surface area (TPSA) is 102 Å². The number of hydrogen-bond donors (Lipinski definition) is 2. The second-order valence-electron chi connectivity index (χ2n) is 6.74. The van der Waals surface area contributed by atoms with Gasteiger partial charge in [0.15, 0.2) is 12.4 Å². The van der Waals surface area contributed by atoms with Gasteiger partial charge in [0.2, 0.25) is 5.91 Å².